The molecule has 0 saturated carbocycles. The van der Waals surface area contributed by atoms with Crippen molar-refractivity contribution in [3.05, 3.63) is 41.1 Å². The van der Waals surface area contributed by atoms with E-state index in [9.17, 15) is 9.59 Å². The van der Waals surface area contributed by atoms with E-state index in [-0.39, 0.29) is 12.6 Å². The summed E-state index contributed by atoms with van der Waals surface area (Å²) in [5.74, 6) is 0.309. The van der Waals surface area contributed by atoms with Crippen LogP contribution in [0.25, 0.3) is 0 Å². The Bertz CT molecular complexity index is 745. The van der Waals surface area contributed by atoms with E-state index in [0.717, 1.165) is 24.9 Å². The second-order valence-electron chi connectivity index (χ2n) is 7.23. The van der Waals surface area contributed by atoms with Crippen LogP contribution in [0, 0.1) is 0 Å². The minimum absolute atomic E-state index is 0.277. The van der Waals surface area contributed by atoms with Gasteiger partial charge < -0.3 is 20.1 Å². The summed E-state index contributed by atoms with van der Waals surface area (Å²) in [5.41, 5.74) is 1.89. The van der Waals surface area contributed by atoms with Gasteiger partial charge in [-0.2, -0.15) is 0 Å². The maximum Gasteiger partial charge on any atom is 0.338 e. The molecule has 2 amide bonds. The highest BCUT2D eigenvalue weighted by Crippen LogP contribution is 2.30. The molecule has 1 saturated heterocycles. The molecule has 152 valence electrons. The quantitative estimate of drug-likeness (QED) is 0.734. The number of benzene rings is 1. The molecule has 2 atom stereocenters. The number of carbonyl (C=O) groups excluding carboxylic acids is 2. The molecule has 0 aromatic heterocycles. The summed E-state index contributed by atoms with van der Waals surface area (Å²) in [6, 6.07) is 6.89. The average molecular weight is 387 g/mol. The molecule has 0 spiro atoms. The standard InChI is InChI=1S/C21H29N3O4/c1-4-28-20(25)18-17(13-24-12-6-5-7-14(24)2)22-21(26)23-19(18)15-8-10-16(27-3)11-9-15/h8-11,14,19H,4-7,12-13H2,1-3H3,(H2,22,23,26)/t14-,19+/m1/s1. The van der Waals surface area contributed by atoms with E-state index in [2.05, 4.69) is 22.5 Å². The van der Waals surface area contributed by atoms with Crippen molar-refractivity contribution >= 4 is 12.0 Å². The van der Waals surface area contributed by atoms with Gasteiger partial charge in [-0.05, 0) is 50.9 Å². The van der Waals surface area contributed by atoms with Crippen molar-refractivity contribution in [2.75, 3.05) is 26.8 Å². The minimum Gasteiger partial charge on any atom is -0.497 e. The van der Waals surface area contributed by atoms with Gasteiger partial charge in [0.15, 0.2) is 0 Å². The smallest absolute Gasteiger partial charge is 0.338 e. The number of hydrogen-bond donors (Lipinski definition) is 2. The molecule has 1 fully saturated rings. The van der Waals surface area contributed by atoms with Crippen molar-refractivity contribution in [1.82, 2.24) is 15.5 Å². The summed E-state index contributed by atoms with van der Waals surface area (Å²) in [7, 11) is 1.60. The van der Waals surface area contributed by atoms with Gasteiger partial charge in [0.05, 0.1) is 25.3 Å². The van der Waals surface area contributed by atoms with E-state index in [1.165, 1.54) is 6.42 Å². The van der Waals surface area contributed by atoms with Crippen LogP contribution in [0.3, 0.4) is 0 Å². The predicted molar refractivity (Wildman–Crippen MR) is 106 cm³/mol. The molecule has 2 heterocycles. The fourth-order valence-corrected chi connectivity index (χ4v) is 3.83. The zero-order valence-corrected chi connectivity index (χ0v) is 16.8. The zero-order chi connectivity index (χ0) is 20.1. The van der Waals surface area contributed by atoms with Gasteiger partial charge in [-0.25, -0.2) is 9.59 Å². The van der Waals surface area contributed by atoms with Crippen molar-refractivity contribution in [1.29, 1.82) is 0 Å². The molecule has 2 aliphatic rings. The number of rotatable bonds is 6. The normalized spacial score (nSPS) is 23.0. The fourth-order valence-electron chi connectivity index (χ4n) is 3.83. The number of nitrogens with one attached hydrogen (secondary N) is 2. The molecular formula is C21H29N3O4. The van der Waals surface area contributed by atoms with Gasteiger partial charge >= 0.3 is 12.0 Å². The van der Waals surface area contributed by atoms with Gasteiger partial charge in [0.2, 0.25) is 0 Å². The van der Waals surface area contributed by atoms with Crippen molar-refractivity contribution in [2.24, 2.45) is 0 Å². The Morgan fingerprint density at radius 1 is 1.25 bits per heavy atom. The Hall–Kier alpha value is -2.54. The van der Waals surface area contributed by atoms with Crippen LogP contribution in [-0.4, -0.2) is 49.7 Å². The first-order chi connectivity index (χ1) is 13.5. The lowest BCUT2D eigenvalue weighted by molar-refractivity contribution is -0.139. The lowest BCUT2D eigenvalue weighted by Crippen LogP contribution is -2.50. The van der Waals surface area contributed by atoms with Crippen LogP contribution in [0.15, 0.2) is 35.5 Å². The lowest BCUT2D eigenvalue weighted by Gasteiger charge is -2.36. The topological polar surface area (TPSA) is 79.9 Å². The third-order valence-corrected chi connectivity index (χ3v) is 5.40. The number of ether oxygens (including phenoxy) is 2. The molecule has 0 bridgehead atoms. The largest absolute Gasteiger partial charge is 0.497 e. The molecule has 2 N–H and O–H groups in total. The van der Waals surface area contributed by atoms with Crippen LogP contribution in [0.1, 0.15) is 44.7 Å². The third kappa shape index (κ3) is 4.47. The molecule has 0 radical (unpaired) electrons. The van der Waals surface area contributed by atoms with Crippen LogP contribution in [0.2, 0.25) is 0 Å². The molecule has 2 aliphatic heterocycles. The number of amides is 2. The molecule has 7 nitrogen and oxygen atoms in total. The highest BCUT2D eigenvalue weighted by molar-refractivity contribution is 5.95. The Balaban J connectivity index is 1.98. The summed E-state index contributed by atoms with van der Waals surface area (Å²) < 4.78 is 10.5. The first kappa shape index (κ1) is 20.2. The average Bonchev–Trinajstić information content (AvgIpc) is 2.69. The molecular weight excluding hydrogens is 358 g/mol. The number of methoxy groups -OCH3 is 1. The van der Waals surface area contributed by atoms with Gasteiger partial charge in [0.1, 0.15) is 5.75 Å². The van der Waals surface area contributed by atoms with E-state index < -0.39 is 12.0 Å². The number of carbonyl (C=O) groups is 2. The van der Waals surface area contributed by atoms with Gasteiger partial charge in [0, 0.05) is 18.3 Å². The Morgan fingerprint density at radius 3 is 2.64 bits per heavy atom. The van der Waals surface area contributed by atoms with Crippen LogP contribution in [0.5, 0.6) is 5.75 Å². The predicted octanol–water partition coefficient (Wildman–Crippen LogP) is 2.74. The Labute approximate surface area is 166 Å². The highest BCUT2D eigenvalue weighted by Gasteiger charge is 2.35. The lowest BCUT2D eigenvalue weighted by atomic mass is 9.94. The number of likely N-dealkylation sites (tertiary alicyclic amines) is 1. The van der Waals surface area contributed by atoms with Crippen molar-refractivity contribution < 1.29 is 19.1 Å². The van der Waals surface area contributed by atoms with Crippen LogP contribution in [-0.2, 0) is 9.53 Å². The number of esters is 1. The number of nitrogens with zero attached hydrogens (tertiary/aromatic N) is 1. The first-order valence-corrected chi connectivity index (χ1v) is 9.89. The molecule has 1 aromatic rings. The Kier molecular flexibility index (Phi) is 6.57. The fraction of sp³-hybridized carbons (Fsp3) is 0.524. The van der Waals surface area contributed by atoms with E-state index in [0.29, 0.717) is 29.6 Å². The second kappa shape index (κ2) is 9.10. The van der Waals surface area contributed by atoms with Crippen molar-refractivity contribution in [3.63, 3.8) is 0 Å². The number of urea groups is 1. The van der Waals surface area contributed by atoms with E-state index >= 15 is 0 Å². The monoisotopic (exact) mass is 387 g/mol. The summed E-state index contributed by atoms with van der Waals surface area (Å²) in [4.78, 5) is 27.5. The maximum absolute atomic E-state index is 12.8. The first-order valence-electron chi connectivity index (χ1n) is 9.89. The van der Waals surface area contributed by atoms with Crippen molar-refractivity contribution in [3.8, 4) is 5.75 Å². The maximum atomic E-state index is 12.8. The molecule has 7 heteroatoms. The second-order valence-corrected chi connectivity index (χ2v) is 7.23. The molecule has 0 aliphatic carbocycles. The van der Waals surface area contributed by atoms with Gasteiger partial charge in [-0.1, -0.05) is 18.6 Å². The molecule has 3 rings (SSSR count). The minimum atomic E-state index is -0.561. The molecule has 28 heavy (non-hydrogen) atoms. The van der Waals surface area contributed by atoms with Crippen LogP contribution in [0.4, 0.5) is 4.79 Å². The SMILES string of the molecule is CCOC(=O)C1=C(CN2CCCC[C@H]2C)NC(=O)N[C@H]1c1ccc(OC)cc1. The van der Waals surface area contributed by atoms with Crippen LogP contribution < -0.4 is 15.4 Å². The number of hydrogen-bond acceptors (Lipinski definition) is 5. The summed E-state index contributed by atoms with van der Waals surface area (Å²) >= 11 is 0. The molecule has 1 aromatic carbocycles. The summed E-state index contributed by atoms with van der Waals surface area (Å²) in [5, 5.41) is 5.73. The zero-order valence-electron chi connectivity index (χ0n) is 16.8. The van der Waals surface area contributed by atoms with E-state index in [4.69, 9.17) is 9.47 Å². The third-order valence-electron chi connectivity index (χ3n) is 5.40. The number of piperidine rings is 1. The molecule has 0 unspecified atom stereocenters. The van der Waals surface area contributed by atoms with E-state index in [1.807, 2.05) is 24.3 Å². The summed E-state index contributed by atoms with van der Waals surface area (Å²) in [6.45, 7) is 5.72. The van der Waals surface area contributed by atoms with Gasteiger partial charge in [-0.3, -0.25) is 4.90 Å². The van der Waals surface area contributed by atoms with Crippen molar-refractivity contribution in [2.45, 2.75) is 45.2 Å². The Morgan fingerprint density at radius 2 is 2.00 bits per heavy atom. The van der Waals surface area contributed by atoms with Gasteiger partial charge in [0.25, 0.3) is 0 Å². The van der Waals surface area contributed by atoms with Gasteiger partial charge in [-0.15, -0.1) is 0 Å². The van der Waals surface area contributed by atoms with Crippen LogP contribution >= 0.6 is 0 Å². The van der Waals surface area contributed by atoms with E-state index in [1.54, 1.807) is 14.0 Å². The highest BCUT2D eigenvalue weighted by atomic mass is 16.5. The summed E-state index contributed by atoms with van der Waals surface area (Å²) in [6.07, 6.45) is 3.46.